The number of nitrogens with zero attached hydrogens (tertiary/aromatic N) is 2. The molecule has 1 aromatic rings. The molecule has 3 rings (SSSR count). The first kappa shape index (κ1) is 14.4. The normalized spacial score (nSPS) is 22.3. The van der Waals surface area contributed by atoms with Crippen molar-refractivity contribution in [3.8, 4) is 0 Å². The van der Waals surface area contributed by atoms with E-state index < -0.39 is 5.97 Å². The Bertz CT molecular complexity index is 497. The fourth-order valence-electron chi connectivity index (χ4n) is 3.55. The van der Waals surface area contributed by atoms with Crippen LogP contribution in [-0.4, -0.2) is 48.7 Å². The molecule has 1 unspecified atom stereocenters. The second kappa shape index (κ2) is 6.48. The fraction of sp³-hybridized carbons (Fsp3) is 0.588. The summed E-state index contributed by atoms with van der Waals surface area (Å²) in [6, 6.07) is 8.25. The zero-order valence-electron chi connectivity index (χ0n) is 12.5. The molecule has 21 heavy (non-hydrogen) atoms. The second-order valence-electron chi connectivity index (χ2n) is 6.22. The third kappa shape index (κ3) is 3.38. The summed E-state index contributed by atoms with van der Waals surface area (Å²) in [5.41, 5.74) is 2.41. The van der Waals surface area contributed by atoms with Gasteiger partial charge in [-0.3, -0.25) is 4.79 Å². The Hall–Kier alpha value is -1.55. The Labute approximate surface area is 126 Å². The molecule has 0 radical (unpaired) electrons. The van der Waals surface area contributed by atoms with Crippen molar-refractivity contribution < 1.29 is 9.90 Å². The quantitative estimate of drug-likeness (QED) is 0.902. The van der Waals surface area contributed by atoms with Gasteiger partial charge in [-0.1, -0.05) is 18.2 Å². The van der Waals surface area contributed by atoms with Crippen LogP contribution in [0.1, 0.15) is 24.8 Å². The topological polar surface area (TPSA) is 43.8 Å². The molecule has 1 saturated heterocycles. The molecule has 1 N–H and O–H groups in total. The zero-order valence-corrected chi connectivity index (χ0v) is 12.5. The van der Waals surface area contributed by atoms with Crippen LogP contribution in [0.25, 0.3) is 0 Å². The number of carboxylic acid groups (broad SMARTS) is 1. The van der Waals surface area contributed by atoms with Gasteiger partial charge in [0, 0.05) is 18.8 Å². The average Bonchev–Trinajstić information content (AvgIpc) is 3.00. The lowest BCUT2D eigenvalue weighted by atomic mass is 9.92. The number of fused-ring (bicyclic) bond motifs is 1. The highest BCUT2D eigenvalue weighted by Gasteiger charge is 2.28. The van der Waals surface area contributed by atoms with E-state index in [-0.39, 0.29) is 5.92 Å². The van der Waals surface area contributed by atoms with Crippen molar-refractivity contribution in [3.05, 3.63) is 29.8 Å². The maximum absolute atomic E-state index is 11.4. The average molecular weight is 288 g/mol. The van der Waals surface area contributed by atoms with E-state index in [0.717, 1.165) is 19.5 Å². The lowest BCUT2D eigenvalue weighted by Gasteiger charge is -2.35. The first-order valence-electron chi connectivity index (χ1n) is 8.02. The third-order valence-corrected chi connectivity index (χ3v) is 4.69. The van der Waals surface area contributed by atoms with Crippen LogP contribution in [0.3, 0.4) is 0 Å². The van der Waals surface area contributed by atoms with Gasteiger partial charge in [0.1, 0.15) is 0 Å². The lowest BCUT2D eigenvalue weighted by Crippen LogP contribution is -2.40. The SMILES string of the molecule is O=C(O)C1Cc2ccccc2N(CCCN2CCCC2)C1. The summed E-state index contributed by atoms with van der Waals surface area (Å²) < 4.78 is 0. The van der Waals surface area contributed by atoms with Gasteiger partial charge in [0.15, 0.2) is 0 Å². The van der Waals surface area contributed by atoms with Gasteiger partial charge in [-0.05, 0) is 56.9 Å². The molecule has 1 atom stereocenters. The number of benzene rings is 1. The van der Waals surface area contributed by atoms with Crippen molar-refractivity contribution >= 4 is 11.7 Å². The van der Waals surface area contributed by atoms with Crippen LogP contribution in [0.4, 0.5) is 5.69 Å². The number of hydrogen-bond acceptors (Lipinski definition) is 3. The number of carbonyl (C=O) groups is 1. The predicted molar refractivity (Wildman–Crippen MR) is 83.8 cm³/mol. The van der Waals surface area contributed by atoms with Gasteiger partial charge >= 0.3 is 5.97 Å². The Balaban J connectivity index is 1.63. The Kier molecular flexibility index (Phi) is 4.44. The van der Waals surface area contributed by atoms with Crippen molar-refractivity contribution in [3.63, 3.8) is 0 Å². The van der Waals surface area contributed by atoms with E-state index in [2.05, 4.69) is 21.9 Å². The van der Waals surface area contributed by atoms with Crippen molar-refractivity contribution in [1.82, 2.24) is 4.90 Å². The van der Waals surface area contributed by atoms with Crippen molar-refractivity contribution in [2.24, 2.45) is 5.92 Å². The van der Waals surface area contributed by atoms with E-state index in [9.17, 15) is 9.90 Å². The molecular weight excluding hydrogens is 264 g/mol. The molecule has 0 amide bonds. The van der Waals surface area contributed by atoms with Gasteiger partial charge in [-0.25, -0.2) is 0 Å². The maximum atomic E-state index is 11.4. The predicted octanol–water partition coefficient (Wildman–Crippen LogP) is 2.24. The molecule has 114 valence electrons. The van der Waals surface area contributed by atoms with Crippen molar-refractivity contribution in [1.29, 1.82) is 0 Å². The van der Waals surface area contributed by atoms with E-state index in [1.54, 1.807) is 0 Å². The van der Waals surface area contributed by atoms with Crippen molar-refractivity contribution in [2.45, 2.75) is 25.7 Å². The van der Waals surface area contributed by atoms with Crippen LogP contribution in [-0.2, 0) is 11.2 Å². The van der Waals surface area contributed by atoms with Gasteiger partial charge < -0.3 is 14.9 Å². The van der Waals surface area contributed by atoms with Crippen LogP contribution in [0.15, 0.2) is 24.3 Å². The van der Waals surface area contributed by atoms with Crippen LogP contribution in [0, 0.1) is 5.92 Å². The minimum absolute atomic E-state index is 0.272. The smallest absolute Gasteiger partial charge is 0.308 e. The molecule has 2 aliphatic heterocycles. The highest BCUT2D eigenvalue weighted by atomic mass is 16.4. The molecule has 0 aromatic heterocycles. The second-order valence-corrected chi connectivity index (χ2v) is 6.22. The number of anilines is 1. The number of hydrogen-bond donors (Lipinski definition) is 1. The Morgan fingerprint density at radius 3 is 2.71 bits per heavy atom. The zero-order chi connectivity index (χ0) is 14.7. The number of likely N-dealkylation sites (tertiary alicyclic amines) is 1. The van der Waals surface area contributed by atoms with Gasteiger partial charge in [-0.2, -0.15) is 0 Å². The maximum Gasteiger partial charge on any atom is 0.308 e. The number of aliphatic carboxylic acids is 1. The van der Waals surface area contributed by atoms with Gasteiger partial charge in [-0.15, -0.1) is 0 Å². The summed E-state index contributed by atoms with van der Waals surface area (Å²) in [4.78, 5) is 16.1. The van der Waals surface area contributed by atoms with Gasteiger partial charge in [0.2, 0.25) is 0 Å². The number of rotatable bonds is 5. The largest absolute Gasteiger partial charge is 0.481 e. The Morgan fingerprint density at radius 2 is 1.95 bits per heavy atom. The summed E-state index contributed by atoms with van der Waals surface area (Å²) in [5.74, 6) is -0.944. The molecule has 4 heteroatoms. The van der Waals surface area contributed by atoms with Crippen LogP contribution < -0.4 is 4.90 Å². The summed E-state index contributed by atoms with van der Waals surface area (Å²) in [6.45, 7) is 5.20. The lowest BCUT2D eigenvalue weighted by molar-refractivity contribution is -0.141. The summed E-state index contributed by atoms with van der Waals surface area (Å²) >= 11 is 0. The highest BCUT2D eigenvalue weighted by Crippen LogP contribution is 2.29. The molecule has 0 bridgehead atoms. The van der Waals surface area contributed by atoms with E-state index in [1.807, 2.05) is 12.1 Å². The molecule has 2 aliphatic rings. The minimum atomic E-state index is -0.672. The summed E-state index contributed by atoms with van der Waals surface area (Å²) in [7, 11) is 0. The Morgan fingerprint density at radius 1 is 1.19 bits per heavy atom. The molecule has 0 spiro atoms. The first-order chi connectivity index (χ1) is 10.2. The monoisotopic (exact) mass is 288 g/mol. The minimum Gasteiger partial charge on any atom is -0.481 e. The van der Waals surface area contributed by atoms with E-state index in [1.165, 1.54) is 37.2 Å². The molecular formula is C17H24N2O2. The van der Waals surface area contributed by atoms with Gasteiger partial charge in [0.25, 0.3) is 0 Å². The molecule has 2 heterocycles. The first-order valence-corrected chi connectivity index (χ1v) is 8.02. The van der Waals surface area contributed by atoms with Crippen molar-refractivity contribution in [2.75, 3.05) is 37.6 Å². The van der Waals surface area contributed by atoms with Crippen LogP contribution in [0.5, 0.6) is 0 Å². The third-order valence-electron chi connectivity index (χ3n) is 4.69. The molecule has 0 saturated carbocycles. The van der Waals surface area contributed by atoms with E-state index >= 15 is 0 Å². The van der Waals surface area contributed by atoms with Gasteiger partial charge in [0.05, 0.1) is 5.92 Å². The number of para-hydroxylation sites is 1. The van der Waals surface area contributed by atoms with Crippen LogP contribution >= 0.6 is 0 Å². The molecule has 1 fully saturated rings. The molecule has 0 aliphatic carbocycles. The number of carboxylic acids is 1. The van der Waals surface area contributed by atoms with Crippen LogP contribution in [0.2, 0.25) is 0 Å². The summed E-state index contributed by atoms with van der Waals surface area (Å²) in [6.07, 6.45) is 4.43. The molecule has 4 nitrogen and oxygen atoms in total. The van der Waals surface area contributed by atoms with E-state index in [0.29, 0.717) is 13.0 Å². The summed E-state index contributed by atoms with van der Waals surface area (Å²) in [5, 5.41) is 9.34. The van der Waals surface area contributed by atoms with E-state index in [4.69, 9.17) is 0 Å². The molecule has 1 aromatic carbocycles. The highest BCUT2D eigenvalue weighted by molar-refractivity contribution is 5.73. The standard InChI is InChI=1S/C17H24N2O2/c20-17(21)15-12-14-6-1-2-7-16(14)19(13-15)11-5-10-18-8-3-4-9-18/h1-2,6-7,15H,3-5,8-13H2,(H,20,21). The fourth-order valence-corrected chi connectivity index (χ4v) is 3.55.